The number of hydrogen-bond acceptors (Lipinski definition) is 4. The molecule has 4 heteroatoms. The fourth-order valence-electron chi connectivity index (χ4n) is 2.41. The van der Waals surface area contributed by atoms with E-state index in [9.17, 15) is 5.11 Å². The van der Waals surface area contributed by atoms with E-state index < -0.39 is 0 Å². The lowest BCUT2D eigenvalue weighted by Gasteiger charge is -2.30. The molecular weight excluding hydrogens is 214 g/mol. The van der Waals surface area contributed by atoms with Gasteiger partial charge in [0.05, 0.1) is 18.5 Å². The standard InChI is InChI=1S/C13H17N3O/c1-13(9-17)6-2-3-12(13)16-11-5-4-10(7-14)15-8-11/h4-5,8,12,16-17H,2-3,6,9H2,1H3/t12-,13-/m0/s1. The van der Waals surface area contributed by atoms with Crippen LogP contribution in [-0.4, -0.2) is 22.7 Å². The molecule has 1 aliphatic rings. The summed E-state index contributed by atoms with van der Waals surface area (Å²) in [7, 11) is 0. The van der Waals surface area contributed by atoms with Gasteiger partial charge in [0.2, 0.25) is 0 Å². The minimum Gasteiger partial charge on any atom is -0.396 e. The van der Waals surface area contributed by atoms with Gasteiger partial charge in [-0.05, 0) is 25.0 Å². The molecule has 0 amide bonds. The predicted molar refractivity (Wildman–Crippen MR) is 65.4 cm³/mol. The van der Waals surface area contributed by atoms with E-state index in [2.05, 4.69) is 17.2 Å². The van der Waals surface area contributed by atoms with Crippen molar-refractivity contribution in [2.45, 2.75) is 32.2 Å². The summed E-state index contributed by atoms with van der Waals surface area (Å²) < 4.78 is 0. The van der Waals surface area contributed by atoms with E-state index >= 15 is 0 Å². The van der Waals surface area contributed by atoms with Gasteiger partial charge in [-0.2, -0.15) is 5.26 Å². The van der Waals surface area contributed by atoms with Gasteiger partial charge >= 0.3 is 0 Å². The number of aliphatic hydroxyl groups excluding tert-OH is 1. The second-order valence-electron chi connectivity index (χ2n) is 4.95. The Bertz CT molecular complexity index is 423. The van der Waals surface area contributed by atoms with Crippen molar-refractivity contribution in [1.82, 2.24) is 4.98 Å². The molecule has 1 aromatic heterocycles. The van der Waals surface area contributed by atoms with Crippen LogP contribution in [0.3, 0.4) is 0 Å². The van der Waals surface area contributed by atoms with Crippen LogP contribution in [0, 0.1) is 16.7 Å². The van der Waals surface area contributed by atoms with Gasteiger partial charge in [-0.3, -0.25) is 0 Å². The number of nitrogens with one attached hydrogen (secondary N) is 1. The first-order valence-electron chi connectivity index (χ1n) is 5.91. The maximum atomic E-state index is 9.46. The second-order valence-corrected chi connectivity index (χ2v) is 4.95. The molecule has 0 unspecified atom stereocenters. The van der Waals surface area contributed by atoms with Crippen molar-refractivity contribution in [1.29, 1.82) is 5.26 Å². The Morgan fingerprint density at radius 1 is 1.65 bits per heavy atom. The molecule has 4 nitrogen and oxygen atoms in total. The van der Waals surface area contributed by atoms with Crippen LogP contribution in [0.4, 0.5) is 5.69 Å². The van der Waals surface area contributed by atoms with Crippen molar-refractivity contribution in [2.75, 3.05) is 11.9 Å². The predicted octanol–water partition coefficient (Wildman–Crippen LogP) is 1.92. The first kappa shape index (κ1) is 11.9. The lowest BCUT2D eigenvalue weighted by molar-refractivity contribution is 0.139. The van der Waals surface area contributed by atoms with Crippen molar-refractivity contribution in [3.8, 4) is 6.07 Å². The largest absolute Gasteiger partial charge is 0.396 e. The third-order valence-electron chi connectivity index (χ3n) is 3.66. The molecule has 2 atom stereocenters. The molecule has 90 valence electrons. The van der Waals surface area contributed by atoms with Crippen molar-refractivity contribution in [3.63, 3.8) is 0 Å². The van der Waals surface area contributed by atoms with E-state index in [0.29, 0.717) is 5.69 Å². The monoisotopic (exact) mass is 231 g/mol. The molecule has 0 spiro atoms. The zero-order valence-corrected chi connectivity index (χ0v) is 9.98. The van der Waals surface area contributed by atoms with E-state index in [1.165, 1.54) is 0 Å². The molecule has 0 radical (unpaired) electrons. The second kappa shape index (κ2) is 4.72. The SMILES string of the molecule is C[C@@]1(CO)CCC[C@@H]1Nc1ccc(C#N)nc1. The molecular formula is C13H17N3O. The summed E-state index contributed by atoms with van der Waals surface area (Å²) >= 11 is 0. The van der Waals surface area contributed by atoms with E-state index in [4.69, 9.17) is 5.26 Å². The van der Waals surface area contributed by atoms with Crippen molar-refractivity contribution < 1.29 is 5.11 Å². The minimum atomic E-state index is -0.0477. The maximum Gasteiger partial charge on any atom is 0.140 e. The fraction of sp³-hybridized carbons (Fsp3) is 0.538. The normalized spacial score (nSPS) is 27.7. The maximum absolute atomic E-state index is 9.46. The molecule has 1 saturated carbocycles. The first-order valence-corrected chi connectivity index (χ1v) is 5.91. The van der Waals surface area contributed by atoms with Crippen LogP contribution in [0.25, 0.3) is 0 Å². The number of nitriles is 1. The summed E-state index contributed by atoms with van der Waals surface area (Å²) in [4.78, 5) is 4.03. The highest BCUT2D eigenvalue weighted by atomic mass is 16.3. The van der Waals surface area contributed by atoms with Crippen molar-refractivity contribution >= 4 is 5.69 Å². The quantitative estimate of drug-likeness (QED) is 0.833. The average molecular weight is 231 g/mol. The number of hydrogen-bond donors (Lipinski definition) is 2. The third kappa shape index (κ3) is 2.40. The Hall–Kier alpha value is -1.60. The lowest BCUT2D eigenvalue weighted by atomic mass is 9.86. The van der Waals surface area contributed by atoms with E-state index in [1.807, 2.05) is 12.1 Å². The van der Waals surface area contributed by atoms with Gasteiger partial charge in [0.1, 0.15) is 11.8 Å². The highest BCUT2D eigenvalue weighted by Crippen LogP contribution is 2.39. The summed E-state index contributed by atoms with van der Waals surface area (Å²) in [6.07, 6.45) is 4.93. The smallest absolute Gasteiger partial charge is 0.140 e. The number of pyridine rings is 1. The summed E-state index contributed by atoms with van der Waals surface area (Å²) in [5.74, 6) is 0. The van der Waals surface area contributed by atoms with Gasteiger partial charge in [0, 0.05) is 11.5 Å². The number of aliphatic hydroxyl groups is 1. The van der Waals surface area contributed by atoms with E-state index in [0.717, 1.165) is 24.9 Å². The molecule has 0 aliphatic heterocycles. The summed E-state index contributed by atoms with van der Waals surface area (Å²) in [5.41, 5.74) is 1.29. The minimum absolute atomic E-state index is 0.0477. The molecule has 1 aliphatic carbocycles. The number of nitrogens with zero attached hydrogens (tertiary/aromatic N) is 2. The highest BCUT2D eigenvalue weighted by molar-refractivity contribution is 5.44. The molecule has 1 fully saturated rings. The zero-order valence-electron chi connectivity index (χ0n) is 9.98. The topological polar surface area (TPSA) is 68.9 Å². The zero-order chi connectivity index (χ0) is 12.3. The van der Waals surface area contributed by atoms with Crippen LogP contribution in [0.5, 0.6) is 0 Å². The summed E-state index contributed by atoms with van der Waals surface area (Å²) in [6, 6.07) is 5.84. The summed E-state index contributed by atoms with van der Waals surface area (Å²) in [5, 5.41) is 21.5. The molecule has 1 heterocycles. The molecule has 2 N–H and O–H groups in total. The van der Waals surface area contributed by atoms with Gasteiger partial charge in [-0.25, -0.2) is 4.98 Å². The Balaban J connectivity index is 2.08. The summed E-state index contributed by atoms with van der Waals surface area (Å²) in [6.45, 7) is 2.31. The molecule has 1 aromatic rings. The molecule has 0 saturated heterocycles. The number of rotatable bonds is 3. The Kier molecular flexibility index (Phi) is 3.30. The van der Waals surface area contributed by atoms with Gasteiger partial charge in [0.25, 0.3) is 0 Å². The van der Waals surface area contributed by atoms with Crippen LogP contribution in [0.2, 0.25) is 0 Å². The average Bonchev–Trinajstić information content (AvgIpc) is 2.73. The number of aromatic nitrogens is 1. The Morgan fingerprint density at radius 3 is 3.06 bits per heavy atom. The Morgan fingerprint density at radius 2 is 2.47 bits per heavy atom. The van der Waals surface area contributed by atoms with Crippen molar-refractivity contribution in [3.05, 3.63) is 24.0 Å². The third-order valence-corrected chi connectivity index (χ3v) is 3.66. The van der Waals surface area contributed by atoms with Crippen LogP contribution < -0.4 is 5.32 Å². The number of anilines is 1. The van der Waals surface area contributed by atoms with Gasteiger partial charge in [-0.15, -0.1) is 0 Å². The van der Waals surface area contributed by atoms with Gasteiger partial charge in [-0.1, -0.05) is 13.3 Å². The van der Waals surface area contributed by atoms with Crippen LogP contribution in [0.1, 0.15) is 31.9 Å². The fourth-order valence-corrected chi connectivity index (χ4v) is 2.41. The molecule has 17 heavy (non-hydrogen) atoms. The highest BCUT2D eigenvalue weighted by Gasteiger charge is 2.38. The lowest BCUT2D eigenvalue weighted by Crippen LogP contribution is -2.36. The van der Waals surface area contributed by atoms with Crippen molar-refractivity contribution in [2.24, 2.45) is 5.41 Å². The van der Waals surface area contributed by atoms with E-state index in [-0.39, 0.29) is 18.1 Å². The van der Waals surface area contributed by atoms with E-state index in [1.54, 1.807) is 12.3 Å². The van der Waals surface area contributed by atoms with Crippen LogP contribution >= 0.6 is 0 Å². The first-order chi connectivity index (χ1) is 8.18. The molecule has 0 bridgehead atoms. The van der Waals surface area contributed by atoms with Crippen LogP contribution in [0.15, 0.2) is 18.3 Å². The Labute approximate surface area is 101 Å². The molecule has 2 rings (SSSR count). The van der Waals surface area contributed by atoms with Crippen LogP contribution in [-0.2, 0) is 0 Å². The van der Waals surface area contributed by atoms with Gasteiger partial charge in [0.15, 0.2) is 0 Å². The van der Waals surface area contributed by atoms with Gasteiger partial charge < -0.3 is 10.4 Å². The molecule has 0 aromatic carbocycles.